The highest BCUT2D eigenvalue weighted by molar-refractivity contribution is 6.21. The number of benzene rings is 9. The molecule has 0 aliphatic rings. The average molecular weight is 633 g/mol. The van der Waals surface area contributed by atoms with Crippen LogP contribution in [0.4, 0.5) is 0 Å². The van der Waals surface area contributed by atoms with Crippen molar-refractivity contribution >= 4 is 86.4 Å². The summed E-state index contributed by atoms with van der Waals surface area (Å²) in [6.07, 6.45) is 0. The SMILES string of the molecule is c1ccc2c(c1)ccc1ccc3cc(-c4ccc5ccc6ccc(-c7ccc8c(ccc9ccc%10ccccc%10c98)c7)nc6c5n4)ccc3c12. The fourth-order valence-corrected chi connectivity index (χ4v) is 8.08. The van der Waals surface area contributed by atoms with E-state index < -0.39 is 0 Å². The van der Waals surface area contributed by atoms with Gasteiger partial charge in [-0.3, -0.25) is 0 Å². The van der Waals surface area contributed by atoms with Crippen LogP contribution in [0.1, 0.15) is 0 Å². The van der Waals surface area contributed by atoms with Gasteiger partial charge >= 0.3 is 0 Å². The third-order valence-corrected chi connectivity index (χ3v) is 10.6. The Kier molecular flexibility index (Phi) is 5.70. The van der Waals surface area contributed by atoms with Crippen LogP contribution in [0, 0.1) is 0 Å². The summed E-state index contributed by atoms with van der Waals surface area (Å²) < 4.78 is 0. The molecule has 0 unspecified atom stereocenters. The third kappa shape index (κ3) is 4.09. The molecule has 50 heavy (non-hydrogen) atoms. The van der Waals surface area contributed by atoms with E-state index in [4.69, 9.17) is 9.97 Å². The third-order valence-electron chi connectivity index (χ3n) is 10.6. The summed E-state index contributed by atoms with van der Waals surface area (Å²) in [6, 6.07) is 61.5. The fourth-order valence-electron chi connectivity index (χ4n) is 8.08. The van der Waals surface area contributed by atoms with Crippen molar-refractivity contribution in [1.82, 2.24) is 9.97 Å². The van der Waals surface area contributed by atoms with E-state index in [-0.39, 0.29) is 0 Å². The highest BCUT2D eigenvalue weighted by Gasteiger charge is 2.12. The highest BCUT2D eigenvalue weighted by Crippen LogP contribution is 2.37. The van der Waals surface area contributed by atoms with Gasteiger partial charge in [0.2, 0.25) is 0 Å². The summed E-state index contributed by atoms with van der Waals surface area (Å²) in [6.45, 7) is 0. The zero-order valence-electron chi connectivity index (χ0n) is 27.1. The van der Waals surface area contributed by atoms with Crippen molar-refractivity contribution in [1.29, 1.82) is 0 Å². The van der Waals surface area contributed by atoms with E-state index >= 15 is 0 Å². The van der Waals surface area contributed by atoms with Crippen LogP contribution >= 0.6 is 0 Å². The van der Waals surface area contributed by atoms with Crippen LogP contribution in [0.3, 0.4) is 0 Å². The first-order chi connectivity index (χ1) is 24.7. The van der Waals surface area contributed by atoms with Crippen LogP contribution < -0.4 is 0 Å². The van der Waals surface area contributed by atoms with E-state index in [0.717, 1.165) is 44.3 Å². The molecule has 0 saturated heterocycles. The molecule has 0 aliphatic carbocycles. The summed E-state index contributed by atoms with van der Waals surface area (Å²) in [5, 5.41) is 17.3. The van der Waals surface area contributed by atoms with Gasteiger partial charge in [-0.25, -0.2) is 9.97 Å². The molecule has 11 aromatic rings. The molecule has 0 saturated carbocycles. The minimum absolute atomic E-state index is 0.921. The van der Waals surface area contributed by atoms with Crippen LogP contribution in [-0.2, 0) is 0 Å². The summed E-state index contributed by atoms with van der Waals surface area (Å²) >= 11 is 0. The summed E-state index contributed by atoms with van der Waals surface area (Å²) in [5.74, 6) is 0. The molecule has 0 radical (unpaired) electrons. The second-order valence-corrected chi connectivity index (χ2v) is 13.4. The van der Waals surface area contributed by atoms with E-state index in [1.54, 1.807) is 0 Å². The van der Waals surface area contributed by atoms with Gasteiger partial charge in [-0.2, -0.15) is 0 Å². The van der Waals surface area contributed by atoms with Crippen LogP contribution in [0.25, 0.3) is 109 Å². The van der Waals surface area contributed by atoms with Crippen LogP contribution in [-0.4, -0.2) is 9.97 Å². The van der Waals surface area contributed by atoms with E-state index in [9.17, 15) is 0 Å². The van der Waals surface area contributed by atoms with Gasteiger partial charge < -0.3 is 0 Å². The number of fused-ring (bicyclic) bond motifs is 13. The van der Waals surface area contributed by atoms with Crippen molar-refractivity contribution in [3.8, 4) is 22.5 Å². The number of rotatable bonds is 2. The molecule has 0 aliphatic heterocycles. The van der Waals surface area contributed by atoms with E-state index in [1.807, 2.05) is 0 Å². The van der Waals surface area contributed by atoms with Crippen molar-refractivity contribution in [2.75, 3.05) is 0 Å². The Labute approximate surface area is 287 Å². The van der Waals surface area contributed by atoms with Crippen molar-refractivity contribution in [3.63, 3.8) is 0 Å². The number of aromatic nitrogens is 2. The van der Waals surface area contributed by atoms with Crippen molar-refractivity contribution in [3.05, 3.63) is 170 Å². The molecule has 2 aromatic heterocycles. The Morgan fingerprint density at radius 2 is 0.620 bits per heavy atom. The molecule has 11 rings (SSSR count). The monoisotopic (exact) mass is 632 g/mol. The Morgan fingerprint density at radius 1 is 0.260 bits per heavy atom. The topological polar surface area (TPSA) is 25.8 Å². The predicted molar refractivity (Wildman–Crippen MR) is 213 cm³/mol. The minimum Gasteiger partial charge on any atom is -0.245 e. The highest BCUT2D eigenvalue weighted by atomic mass is 14.8. The van der Waals surface area contributed by atoms with Gasteiger partial charge in [-0.15, -0.1) is 0 Å². The normalized spacial score (nSPS) is 12.0. The molecule has 0 N–H and O–H groups in total. The molecule has 2 heterocycles. The lowest BCUT2D eigenvalue weighted by Gasteiger charge is -2.11. The summed E-state index contributed by atoms with van der Waals surface area (Å²) in [7, 11) is 0. The van der Waals surface area contributed by atoms with Gasteiger partial charge in [0.1, 0.15) is 0 Å². The first kappa shape index (κ1) is 27.3. The number of nitrogens with zero attached hydrogens (tertiary/aromatic N) is 2. The number of pyridine rings is 2. The van der Waals surface area contributed by atoms with Gasteiger partial charge in [0, 0.05) is 21.9 Å². The molecular weight excluding hydrogens is 605 g/mol. The van der Waals surface area contributed by atoms with Crippen LogP contribution in [0.2, 0.25) is 0 Å². The second kappa shape index (κ2) is 10.4. The Bertz CT molecular complexity index is 2990. The smallest absolute Gasteiger partial charge is 0.0972 e. The molecule has 0 spiro atoms. The van der Waals surface area contributed by atoms with Crippen molar-refractivity contribution in [2.45, 2.75) is 0 Å². The molecule has 0 amide bonds. The van der Waals surface area contributed by atoms with Gasteiger partial charge in [-0.1, -0.05) is 146 Å². The quantitative estimate of drug-likeness (QED) is 0.177. The van der Waals surface area contributed by atoms with Gasteiger partial charge in [-0.05, 0) is 88.9 Å². The Balaban J connectivity index is 1.05. The zero-order valence-corrected chi connectivity index (χ0v) is 27.1. The molecule has 0 atom stereocenters. The number of hydrogen-bond donors (Lipinski definition) is 0. The van der Waals surface area contributed by atoms with Crippen LogP contribution in [0.5, 0.6) is 0 Å². The largest absolute Gasteiger partial charge is 0.245 e. The molecule has 0 bridgehead atoms. The van der Waals surface area contributed by atoms with Crippen molar-refractivity contribution in [2.24, 2.45) is 0 Å². The molecular formula is C48H28N2. The maximum absolute atomic E-state index is 5.28. The summed E-state index contributed by atoms with van der Waals surface area (Å²) in [5.41, 5.74) is 5.93. The second-order valence-electron chi connectivity index (χ2n) is 13.4. The van der Waals surface area contributed by atoms with Gasteiger partial charge in [0.25, 0.3) is 0 Å². The lowest BCUT2D eigenvalue weighted by molar-refractivity contribution is 1.37. The maximum Gasteiger partial charge on any atom is 0.0972 e. The maximum atomic E-state index is 5.28. The first-order valence-electron chi connectivity index (χ1n) is 17.1. The molecule has 2 nitrogen and oxygen atoms in total. The molecule has 9 aromatic carbocycles. The Hall–Kier alpha value is -6.64. The van der Waals surface area contributed by atoms with Gasteiger partial charge in [0.15, 0.2) is 0 Å². The number of hydrogen-bond acceptors (Lipinski definition) is 2. The first-order valence-corrected chi connectivity index (χ1v) is 17.1. The average Bonchev–Trinajstić information content (AvgIpc) is 3.19. The fraction of sp³-hybridized carbons (Fsp3) is 0. The standard InChI is InChI=1S/C48H28N2/c1-3-7-39-29(5-1)9-11-31-13-17-35-27-37(19-23-41(35)45(31)39)43-25-21-33-15-16-34-22-26-44(50-48(34)47(33)49-43)38-20-24-42-36(28-38)18-14-32-12-10-30-6-2-4-8-40(30)46(32)42/h1-28H. The molecule has 0 fully saturated rings. The van der Waals surface area contributed by atoms with Crippen molar-refractivity contribution < 1.29 is 0 Å². The van der Waals surface area contributed by atoms with Gasteiger partial charge in [0.05, 0.1) is 22.4 Å². The summed E-state index contributed by atoms with van der Waals surface area (Å²) in [4.78, 5) is 10.6. The molecule has 2 heteroatoms. The van der Waals surface area contributed by atoms with E-state index in [1.165, 1.54) is 64.6 Å². The van der Waals surface area contributed by atoms with E-state index in [0.29, 0.717) is 0 Å². The van der Waals surface area contributed by atoms with E-state index in [2.05, 4.69) is 170 Å². The Morgan fingerprint density at radius 3 is 1.10 bits per heavy atom. The van der Waals surface area contributed by atoms with Crippen LogP contribution in [0.15, 0.2) is 170 Å². The lowest BCUT2D eigenvalue weighted by atomic mass is 9.95. The minimum atomic E-state index is 0.921. The zero-order chi connectivity index (χ0) is 32.8. The molecule has 230 valence electrons. The predicted octanol–water partition coefficient (Wildman–Crippen LogP) is 13.0. The lowest BCUT2D eigenvalue weighted by Crippen LogP contribution is -1.91.